The van der Waals surface area contributed by atoms with Gasteiger partial charge in [-0.3, -0.25) is 4.79 Å². The van der Waals surface area contributed by atoms with Crippen molar-refractivity contribution in [3.8, 4) is 0 Å². The van der Waals surface area contributed by atoms with E-state index in [1.165, 1.54) is 12.8 Å². The molecule has 4 rings (SSSR count). The summed E-state index contributed by atoms with van der Waals surface area (Å²) in [5.41, 5.74) is 2.59. The van der Waals surface area contributed by atoms with Gasteiger partial charge in [0, 0.05) is 19.6 Å². The molecule has 0 radical (unpaired) electrons. The largest absolute Gasteiger partial charge is 0.339 e. The Balaban J connectivity index is 1.56. The lowest BCUT2D eigenvalue weighted by molar-refractivity contribution is 0.0711. The van der Waals surface area contributed by atoms with Crippen LogP contribution >= 0.6 is 0 Å². The summed E-state index contributed by atoms with van der Waals surface area (Å²) >= 11 is 0. The Morgan fingerprint density at radius 3 is 2.30 bits per heavy atom. The average molecular weight is 404 g/mol. The van der Waals surface area contributed by atoms with Crippen LogP contribution in [0.5, 0.6) is 0 Å². The van der Waals surface area contributed by atoms with Gasteiger partial charge in [-0.25, -0.2) is 4.68 Å². The Morgan fingerprint density at radius 2 is 1.70 bits per heavy atom. The molecule has 1 aliphatic rings. The number of likely N-dealkylation sites (tertiary alicyclic amines) is 1. The number of hydrogen-bond acceptors (Lipinski definition) is 4. The fraction of sp³-hybridized carbons (Fsp3) is 0.375. The van der Waals surface area contributed by atoms with Crippen LogP contribution in [-0.2, 0) is 0 Å². The van der Waals surface area contributed by atoms with Crippen molar-refractivity contribution in [2.45, 2.75) is 31.3 Å². The summed E-state index contributed by atoms with van der Waals surface area (Å²) in [5.74, 6) is -0.0832. The molecule has 0 saturated carbocycles. The first-order valence-electron chi connectivity index (χ1n) is 10.6. The second-order valence-electron chi connectivity index (χ2n) is 8.12. The number of piperidine rings is 1. The topological polar surface area (TPSA) is 54.3 Å². The first kappa shape index (κ1) is 20.3. The Hall–Kier alpha value is -2.99. The van der Waals surface area contributed by atoms with Crippen LogP contribution in [0, 0.1) is 0 Å². The number of carbonyl (C=O) groups excluding carboxylic acids is 1. The second-order valence-corrected chi connectivity index (χ2v) is 8.12. The monoisotopic (exact) mass is 403 g/mol. The molecule has 2 heterocycles. The fourth-order valence-electron chi connectivity index (χ4n) is 4.24. The van der Waals surface area contributed by atoms with Gasteiger partial charge < -0.3 is 9.80 Å². The molecule has 1 aliphatic heterocycles. The van der Waals surface area contributed by atoms with E-state index < -0.39 is 0 Å². The molecule has 1 fully saturated rings. The Kier molecular flexibility index (Phi) is 6.23. The van der Waals surface area contributed by atoms with E-state index in [2.05, 4.69) is 46.5 Å². The van der Waals surface area contributed by atoms with E-state index in [9.17, 15) is 4.79 Å². The van der Waals surface area contributed by atoms with Gasteiger partial charge in [-0.1, -0.05) is 72.3 Å². The summed E-state index contributed by atoms with van der Waals surface area (Å²) < 4.78 is 1.79. The highest BCUT2D eigenvalue weighted by atomic mass is 16.2. The summed E-state index contributed by atoms with van der Waals surface area (Å²) in [5, 5.41) is 8.57. The number of carbonyl (C=O) groups is 1. The van der Waals surface area contributed by atoms with Crippen molar-refractivity contribution in [1.29, 1.82) is 0 Å². The summed E-state index contributed by atoms with van der Waals surface area (Å²) in [7, 11) is 4.00. The van der Waals surface area contributed by atoms with Crippen molar-refractivity contribution in [3.05, 3.63) is 83.7 Å². The molecule has 0 N–H and O–H groups in total. The summed E-state index contributed by atoms with van der Waals surface area (Å²) in [6, 6.07) is 20.6. The number of nitrogens with zero attached hydrogens (tertiary/aromatic N) is 5. The van der Waals surface area contributed by atoms with E-state index in [1.54, 1.807) is 15.8 Å². The molecule has 1 aromatic heterocycles. The normalized spacial score (nSPS) is 17.2. The van der Waals surface area contributed by atoms with E-state index in [0.29, 0.717) is 18.3 Å². The maximum absolute atomic E-state index is 13.0. The molecule has 0 bridgehead atoms. The quantitative estimate of drug-likeness (QED) is 0.632. The van der Waals surface area contributed by atoms with Gasteiger partial charge in [0.2, 0.25) is 0 Å². The fourth-order valence-corrected chi connectivity index (χ4v) is 4.24. The van der Waals surface area contributed by atoms with Gasteiger partial charge in [-0.2, -0.15) is 0 Å². The molecule has 0 unspecified atom stereocenters. The van der Waals surface area contributed by atoms with E-state index >= 15 is 0 Å². The zero-order chi connectivity index (χ0) is 20.9. The molecule has 6 heteroatoms. The van der Waals surface area contributed by atoms with Crippen molar-refractivity contribution < 1.29 is 4.79 Å². The van der Waals surface area contributed by atoms with Gasteiger partial charge in [-0.15, -0.1) is 5.10 Å². The van der Waals surface area contributed by atoms with Crippen LogP contribution in [0.25, 0.3) is 0 Å². The zero-order valence-electron chi connectivity index (χ0n) is 17.7. The maximum Gasteiger partial charge on any atom is 0.275 e. The predicted molar refractivity (Wildman–Crippen MR) is 117 cm³/mol. The van der Waals surface area contributed by atoms with Gasteiger partial charge in [0.1, 0.15) is 6.04 Å². The molecule has 6 nitrogen and oxygen atoms in total. The van der Waals surface area contributed by atoms with E-state index in [1.807, 2.05) is 43.4 Å². The van der Waals surface area contributed by atoms with E-state index in [-0.39, 0.29) is 11.9 Å². The molecule has 0 spiro atoms. The molecule has 1 amide bonds. The number of hydrogen-bond donors (Lipinski definition) is 0. The van der Waals surface area contributed by atoms with Crippen LogP contribution in [0.3, 0.4) is 0 Å². The maximum atomic E-state index is 13.0. The van der Waals surface area contributed by atoms with Crippen LogP contribution in [0.2, 0.25) is 0 Å². The third-order valence-electron chi connectivity index (χ3n) is 5.98. The van der Waals surface area contributed by atoms with Crippen molar-refractivity contribution >= 4 is 5.91 Å². The molecule has 1 saturated heterocycles. The smallest absolute Gasteiger partial charge is 0.275 e. The molecule has 30 heavy (non-hydrogen) atoms. The van der Waals surface area contributed by atoms with Crippen molar-refractivity contribution in [2.24, 2.45) is 0 Å². The Morgan fingerprint density at radius 1 is 1.07 bits per heavy atom. The van der Waals surface area contributed by atoms with Gasteiger partial charge in [-0.05, 0) is 37.6 Å². The van der Waals surface area contributed by atoms with Crippen LogP contribution in [0.4, 0.5) is 0 Å². The van der Waals surface area contributed by atoms with Crippen LogP contribution in [0.15, 0.2) is 66.9 Å². The van der Waals surface area contributed by atoms with Gasteiger partial charge in [0.05, 0.1) is 6.20 Å². The summed E-state index contributed by atoms with van der Waals surface area (Å²) in [6.45, 7) is 1.81. The molecule has 0 aliphatic carbocycles. The predicted octanol–water partition coefficient (Wildman–Crippen LogP) is 3.47. The third-order valence-corrected chi connectivity index (χ3v) is 5.98. The van der Waals surface area contributed by atoms with Gasteiger partial charge >= 0.3 is 0 Å². The Bertz CT molecular complexity index is 916. The summed E-state index contributed by atoms with van der Waals surface area (Å²) in [4.78, 5) is 17.2. The SMILES string of the molecule is CN(C[C@@H]1CCCCN1C)C(=O)c1cn(C(c2ccccc2)c2ccccc2)nn1. The molecular formula is C24H29N5O. The van der Waals surface area contributed by atoms with Crippen molar-refractivity contribution in [3.63, 3.8) is 0 Å². The molecule has 1 atom stereocenters. The van der Waals surface area contributed by atoms with Gasteiger partial charge in [0.15, 0.2) is 5.69 Å². The number of likely N-dealkylation sites (N-methyl/N-ethyl adjacent to an activating group) is 2. The minimum atomic E-state index is -0.128. The lowest BCUT2D eigenvalue weighted by atomic mass is 9.99. The lowest BCUT2D eigenvalue weighted by Crippen LogP contribution is -2.45. The van der Waals surface area contributed by atoms with Gasteiger partial charge in [0.25, 0.3) is 5.91 Å². The minimum Gasteiger partial charge on any atom is -0.339 e. The lowest BCUT2D eigenvalue weighted by Gasteiger charge is -2.34. The highest BCUT2D eigenvalue weighted by Gasteiger charge is 2.25. The number of rotatable bonds is 6. The first-order chi connectivity index (χ1) is 14.6. The van der Waals surface area contributed by atoms with E-state index in [0.717, 1.165) is 24.1 Å². The molecule has 156 valence electrons. The highest BCUT2D eigenvalue weighted by Crippen LogP contribution is 2.26. The number of aromatic nitrogens is 3. The minimum absolute atomic E-state index is 0.0832. The van der Waals surface area contributed by atoms with Crippen molar-refractivity contribution in [1.82, 2.24) is 24.8 Å². The molecular weight excluding hydrogens is 374 g/mol. The first-order valence-corrected chi connectivity index (χ1v) is 10.6. The number of benzene rings is 2. The van der Waals surface area contributed by atoms with E-state index in [4.69, 9.17) is 0 Å². The highest BCUT2D eigenvalue weighted by molar-refractivity contribution is 5.91. The number of amides is 1. The van der Waals surface area contributed by atoms with Crippen LogP contribution < -0.4 is 0 Å². The standard InChI is InChI=1S/C24H29N5O/c1-27-16-10-9-15-21(27)17-28(2)24(30)22-18-29(26-25-22)23(19-11-5-3-6-12-19)20-13-7-4-8-14-20/h3-8,11-14,18,21,23H,9-10,15-17H2,1-2H3/t21-/m0/s1. The van der Waals surface area contributed by atoms with Crippen molar-refractivity contribution in [2.75, 3.05) is 27.2 Å². The third kappa shape index (κ3) is 4.44. The Labute approximate surface area is 178 Å². The van der Waals surface area contributed by atoms with Crippen LogP contribution in [0.1, 0.15) is 46.9 Å². The second kappa shape index (κ2) is 9.22. The molecule has 2 aromatic carbocycles. The molecule has 3 aromatic rings. The van der Waals surface area contributed by atoms with Crippen LogP contribution in [-0.4, -0.2) is 63.9 Å². The average Bonchev–Trinajstić information content (AvgIpc) is 3.26. The summed E-state index contributed by atoms with van der Waals surface area (Å²) in [6.07, 6.45) is 5.36. The zero-order valence-corrected chi connectivity index (χ0v) is 17.7.